The highest BCUT2D eigenvalue weighted by atomic mass is 16.4. The molecule has 4 nitrogen and oxygen atoms in total. The number of furan rings is 1. The highest BCUT2D eigenvalue weighted by Gasteiger charge is 2.18. The third-order valence-corrected chi connectivity index (χ3v) is 6.29. The van der Waals surface area contributed by atoms with E-state index in [-0.39, 0.29) is 0 Å². The van der Waals surface area contributed by atoms with E-state index in [0.717, 1.165) is 50.1 Å². The summed E-state index contributed by atoms with van der Waals surface area (Å²) < 4.78 is 6.33. The molecular formula is C30H22BNO3. The molecule has 168 valence electrons. The first-order chi connectivity index (χ1) is 17.2. The number of rotatable bonds is 5. The zero-order valence-electron chi connectivity index (χ0n) is 18.9. The maximum Gasteiger partial charge on any atom is 0.488 e. The van der Waals surface area contributed by atoms with Gasteiger partial charge in [-0.25, -0.2) is 0 Å². The molecule has 0 amide bonds. The van der Waals surface area contributed by atoms with Crippen molar-refractivity contribution in [2.45, 2.75) is 0 Å². The average molecular weight is 455 g/mol. The lowest BCUT2D eigenvalue weighted by Crippen LogP contribution is -2.29. The molecule has 0 bridgehead atoms. The second kappa shape index (κ2) is 8.80. The fourth-order valence-electron chi connectivity index (χ4n) is 4.63. The second-order valence-electron chi connectivity index (χ2n) is 8.46. The summed E-state index contributed by atoms with van der Waals surface area (Å²) in [4.78, 5) is 2.12. The molecule has 0 saturated carbocycles. The standard InChI is InChI=1S/C30H22BNO3/c33-31(34)22-14-16-24(17-15-22)32(23-10-5-2-6-11-23)25-18-19-27-29(20-25)35-28-13-7-12-26(30(27)28)21-8-3-1-4-9-21/h1-20,33-34H. The Morgan fingerprint density at radius 1 is 0.571 bits per heavy atom. The van der Waals surface area contributed by atoms with Crippen molar-refractivity contribution in [1.82, 2.24) is 0 Å². The van der Waals surface area contributed by atoms with E-state index in [4.69, 9.17) is 4.42 Å². The molecule has 6 rings (SSSR count). The summed E-state index contributed by atoms with van der Waals surface area (Å²) in [5.41, 5.74) is 7.25. The van der Waals surface area contributed by atoms with E-state index in [1.807, 2.05) is 72.8 Å². The van der Waals surface area contributed by atoms with E-state index in [2.05, 4.69) is 41.3 Å². The summed E-state index contributed by atoms with van der Waals surface area (Å²) in [5.74, 6) is 0. The first kappa shape index (κ1) is 21.2. The number of para-hydroxylation sites is 1. The van der Waals surface area contributed by atoms with Crippen molar-refractivity contribution in [1.29, 1.82) is 0 Å². The molecule has 0 saturated heterocycles. The molecule has 0 aliphatic carbocycles. The van der Waals surface area contributed by atoms with Crippen molar-refractivity contribution >= 4 is 51.6 Å². The largest absolute Gasteiger partial charge is 0.488 e. The van der Waals surface area contributed by atoms with Crippen LogP contribution >= 0.6 is 0 Å². The summed E-state index contributed by atoms with van der Waals surface area (Å²) in [6.45, 7) is 0. The molecule has 0 atom stereocenters. The second-order valence-corrected chi connectivity index (χ2v) is 8.46. The molecule has 0 radical (unpaired) electrons. The van der Waals surface area contributed by atoms with Crippen LogP contribution in [0.3, 0.4) is 0 Å². The SMILES string of the molecule is OB(O)c1ccc(N(c2ccccc2)c2ccc3c(c2)oc2cccc(-c4ccccc4)c23)cc1. The molecule has 0 fully saturated rings. The van der Waals surface area contributed by atoms with Gasteiger partial charge in [-0.15, -0.1) is 0 Å². The molecule has 5 aromatic carbocycles. The Bertz CT molecular complexity index is 1610. The van der Waals surface area contributed by atoms with Crippen LogP contribution in [0.5, 0.6) is 0 Å². The lowest BCUT2D eigenvalue weighted by molar-refractivity contribution is 0.426. The van der Waals surface area contributed by atoms with E-state index in [1.165, 1.54) is 0 Å². The number of fused-ring (bicyclic) bond motifs is 3. The highest BCUT2D eigenvalue weighted by Crippen LogP contribution is 2.40. The Labute approximate surface area is 203 Å². The van der Waals surface area contributed by atoms with Gasteiger partial charge in [-0.2, -0.15) is 0 Å². The van der Waals surface area contributed by atoms with E-state index in [9.17, 15) is 10.0 Å². The van der Waals surface area contributed by atoms with Gasteiger partial charge in [0.15, 0.2) is 0 Å². The zero-order chi connectivity index (χ0) is 23.8. The van der Waals surface area contributed by atoms with E-state index < -0.39 is 7.12 Å². The van der Waals surface area contributed by atoms with Gasteiger partial charge in [-0.05, 0) is 59.1 Å². The summed E-state index contributed by atoms with van der Waals surface area (Å²) >= 11 is 0. The number of benzene rings is 5. The maximum absolute atomic E-state index is 9.51. The topological polar surface area (TPSA) is 56.8 Å². The molecule has 6 aromatic rings. The maximum atomic E-state index is 9.51. The van der Waals surface area contributed by atoms with E-state index >= 15 is 0 Å². The van der Waals surface area contributed by atoms with Crippen molar-refractivity contribution in [2.24, 2.45) is 0 Å². The summed E-state index contributed by atoms with van der Waals surface area (Å²) in [6, 6.07) is 40.1. The average Bonchev–Trinajstić information content (AvgIpc) is 3.28. The van der Waals surface area contributed by atoms with Crippen molar-refractivity contribution in [3.63, 3.8) is 0 Å². The van der Waals surface area contributed by atoms with Gasteiger partial charge in [0.25, 0.3) is 0 Å². The third-order valence-electron chi connectivity index (χ3n) is 6.29. The van der Waals surface area contributed by atoms with Gasteiger partial charge in [0, 0.05) is 33.9 Å². The molecule has 1 heterocycles. The fourth-order valence-corrected chi connectivity index (χ4v) is 4.63. The van der Waals surface area contributed by atoms with Crippen LogP contribution in [-0.2, 0) is 0 Å². The van der Waals surface area contributed by atoms with Crippen molar-refractivity contribution in [3.05, 3.63) is 121 Å². The Morgan fingerprint density at radius 3 is 1.94 bits per heavy atom. The van der Waals surface area contributed by atoms with Gasteiger partial charge < -0.3 is 19.4 Å². The summed E-state index contributed by atoms with van der Waals surface area (Å²) in [5, 5.41) is 21.2. The lowest BCUT2D eigenvalue weighted by Gasteiger charge is -2.25. The molecule has 2 N–H and O–H groups in total. The number of hydrogen-bond acceptors (Lipinski definition) is 4. The van der Waals surface area contributed by atoms with E-state index in [1.54, 1.807) is 12.1 Å². The Kier molecular flexibility index (Phi) is 5.34. The summed E-state index contributed by atoms with van der Waals surface area (Å²) in [6.07, 6.45) is 0. The summed E-state index contributed by atoms with van der Waals surface area (Å²) in [7, 11) is -1.50. The van der Waals surface area contributed by atoms with Crippen LogP contribution in [0.1, 0.15) is 0 Å². The molecule has 0 aliphatic heterocycles. The van der Waals surface area contributed by atoms with Crippen molar-refractivity contribution in [2.75, 3.05) is 4.90 Å². The smallest absolute Gasteiger partial charge is 0.456 e. The molecule has 0 aliphatic rings. The Morgan fingerprint density at radius 2 is 1.23 bits per heavy atom. The predicted octanol–water partition coefficient (Wildman–Crippen LogP) is 6.40. The van der Waals surface area contributed by atoms with E-state index in [0.29, 0.717) is 5.46 Å². The van der Waals surface area contributed by atoms with Gasteiger partial charge in [0.2, 0.25) is 0 Å². The monoisotopic (exact) mass is 455 g/mol. The molecule has 0 unspecified atom stereocenters. The van der Waals surface area contributed by atoms with Gasteiger partial charge in [-0.1, -0.05) is 72.8 Å². The van der Waals surface area contributed by atoms with Crippen LogP contribution in [0.2, 0.25) is 0 Å². The van der Waals surface area contributed by atoms with Gasteiger partial charge in [0.1, 0.15) is 11.2 Å². The van der Waals surface area contributed by atoms with Crippen LogP contribution in [0.15, 0.2) is 126 Å². The van der Waals surface area contributed by atoms with Crippen LogP contribution < -0.4 is 10.4 Å². The molecule has 1 aromatic heterocycles. The molecular weight excluding hydrogens is 433 g/mol. The zero-order valence-corrected chi connectivity index (χ0v) is 18.9. The minimum absolute atomic E-state index is 0.447. The normalized spacial score (nSPS) is 11.1. The van der Waals surface area contributed by atoms with Crippen LogP contribution in [-0.4, -0.2) is 17.2 Å². The highest BCUT2D eigenvalue weighted by molar-refractivity contribution is 6.58. The Balaban J connectivity index is 1.52. The van der Waals surface area contributed by atoms with Gasteiger partial charge in [-0.3, -0.25) is 0 Å². The minimum Gasteiger partial charge on any atom is -0.456 e. The fraction of sp³-hybridized carbons (Fsp3) is 0. The third kappa shape index (κ3) is 3.87. The van der Waals surface area contributed by atoms with Crippen LogP contribution in [0.25, 0.3) is 33.1 Å². The lowest BCUT2D eigenvalue weighted by atomic mass is 9.80. The Hall–Kier alpha value is -4.32. The van der Waals surface area contributed by atoms with Crippen molar-refractivity contribution in [3.8, 4) is 11.1 Å². The van der Waals surface area contributed by atoms with Gasteiger partial charge >= 0.3 is 7.12 Å². The van der Waals surface area contributed by atoms with Crippen molar-refractivity contribution < 1.29 is 14.5 Å². The van der Waals surface area contributed by atoms with Crippen LogP contribution in [0, 0.1) is 0 Å². The minimum atomic E-state index is -1.50. The molecule has 0 spiro atoms. The number of anilines is 3. The number of nitrogens with zero attached hydrogens (tertiary/aromatic N) is 1. The quantitative estimate of drug-likeness (QED) is 0.295. The first-order valence-corrected chi connectivity index (χ1v) is 11.5. The number of hydrogen-bond donors (Lipinski definition) is 2. The molecule has 5 heteroatoms. The predicted molar refractivity (Wildman–Crippen MR) is 144 cm³/mol. The first-order valence-electron chi connectivity index (χ1n) is 11.5. The van der Waals surface area contributed by atoms with Gasteiger partial charge in [0.05, 0.1) is 0 Å². The molecule has 35 heavy (non-hydrogen) atoms. The van der Waals surface area contributed by atoms with Crippen LogP contribution in [0.4, 0.5) is 17.1 Å².